The topological polar surface area (TPSA) is 54.0 Å². The number of alkyl halides is 3. The maximum Gasteiger partial charge on any atom is 0.433 e. The fourth-order valence-corrected chi connectivity index (χ4v) is 3.71. The molecule has 2 N–H and O–H groups in total. The monoisotopic (exact) mass is 475 g/mol. The van der Waals surface area contributed by atoms with E-state index in [2.05, 4.69) is 15.6 Å². The fourth-order valence-electron chi connectivity index (χ4n) is 3.60. The van der Waals surface area contributed by atoms with Gasteiger partial charge in [0.15, 0.2) is 0 Å². The lowest BCUT2D eigenvalue weighted by Gasteiger charge is -2.26. The van der Waals surface area contributed by atoms with Crippen LogP contribution in [0.4, 0.5) is 13.2 Å². The van der Waals surface area contributed by atoms with Crippen LogP contribution in [0.15, 0.2) is 66.9 Å². The van der Waals surface area contributed by atoms with Crippen LogP contribution in [0.1, 0.15) is 46.5 Å². The first kappa shape index (κ1) is 24.7. The SMILES string of the molecule is CNC(=O)C(NC(CCc1ccc(C(F)(F)F)nc1)c1ccc(Cl)c(C)c1)c1ccccc1. The van der Waals surface area contributed by atoms with Crippen LogP contribution >= 0.6 is 11.6 Å². The maximum absolute atomic E-state index is 12.8. The maximum atomic E-state index is 12.8. The number of likely N-dealkylation sites (N-methyl/N-ethyl adjacent to an activating group) is 1. The first-order chi connectivity index (χ1) is 15.7. The van der Waals surface area contributed by atoms with Crippen LogP contribution in [0.3, 0.4) is 0 Å². The molecular formula is C25H25ClF3N3O. The van der Waals surface area contributed by atoms with E-state index in [1.807, 2.05) is 49.4 Å². The van der Waals surface area contributed by atoms with Gasteiger partial charge in [-0.25, -0.2) is 0 Å². The molecule has 0 aliphatic rings. The summed E-state index contributed by atoms with van der Waals surface area (Å²) in [4.78, 5) is 16.2. The summed E-state index contributed by atoms with van der Waals surface area (Å²) in [7, 11) is 1.58. The van der Waals surface area contributed by atoms with Crippen LogP contribution < -0.4 is 10.6 Å². The van der Waals surface area contributed by atoms with Gasteiger partial charge in [0.05, 0.1) is 0 Å². The van der Waals surface area contributed by atoms with Gasteiger partial charge in [-0.1, -0.05) is 60.1 Å². The van der Waals surface area contributed by atoms with Crippen LogP contribution in [-0.2, 0) is 17.4 Å². The van der Waals surface area contributed by atoms with Crippen LogP contribution in [0.2, 0.25) is 5.02 Å². The average Bonchev–Trinajstić information content (AvgIpc) is 2.81. The molecule has 0 saturated heterocycles. The van der Waals surface area contributed by atoms with E-state index in [-0.39, 0.29) is 11.9 Å². The Morgan fingerprint density at radius 2 is 1.79 bits per heavy atom. The zero-order valence-corrected chi connectivity index (χ0v) is 19.0. The first-order valence-electron chi connectivity index (χ1n) is 10.5. The number of carbonyl (C=O) groups is 1. The molecule has 1 amide bonds. The normalized spacial score (nSPS) is 13.4. The smallest absolute Gasteiger partial charge is 0.358 e. The second-order valence-electron chi connectivity index (χ2n) is 7.77. The van der Waals surface area contributed by atoms with Gasteiger partial charge in [-0.15, -0.1) is 0 Å². The summed E-state index contributed by atoms with van der Waals surface area (Å²) in [6.45, 7) is 1.90. The predicted molar refractivity (Wildman–Crippen MR) is 123 cm³/mol. The van der Waals surface area contributed by atoms with Crippen molar-refractivity contribution in [1.82, 2.24) is 15.6 Å². The molecule has 0 spiro atoms. The quantitative estimate of drug-likeness (QED) is 0.432. The molecule has 0 saturated carbocycles. The lowest BCUT2D eigenvalue weighted by molar-refractivity contribution is -0.141. The highest BCUT2D eigenvalue weighted by atomic mass is 35.5. The van der Waals surface area contributed by atoms with Crippen molar-refractivity contribution >= 4 is 17.5 Å². The Morgan fingerprint density at radius 1 is 1.06 bits per heavy atom. The second-order valence-corrected chi connectivity index (χ2v) is 8.18. The van der Waals surface area contributed by atoms with Crippen molar-refractivity contribution in [2.45, 2.75) is 38.0 Å². The molecule has 4 nitrogen and oxygen atoms in total. The minimum absolute atomic E-state index is 0.187. The largest absolute Gasteiger partial charge is 0.433 e. The highest BCUT2D eigenvalue weighted by Crippen LogP contribution is 2.29. The minimum atomic E-state index is -4.47. The van der Waals surface area contributed by atoms with E-state index in [4.69, 9.17) is 11.6 Å². The van der Waals surface area contributed by atoms with E-state index in [0.717, 1.165) is 22.8 Å². The van der Waals surface area contributed by atoms with Crippen molar-refractivity contribution in [1.29, 1.82) is 0 Å². The number of nitrogens with one attached hydrogen (secondary N) is 2. The number of carbonyl (C=O) groups excluding carboxylic acids is 1. The Bertz CT molecular complexity index is 1070. The van der Waals surface area contributed by atoms with Gasteiger partial charge in [0.1, 0.15) is 11.7 Å². The van der Waals surface area contributed by atoms with Crippen molar-refractivity contribution in [2.24, 2.45) is 0 Å². The molecule has 3 rings (SSSR count). The number of nitrogens with zero attached hydrogens (tertiary/aromatic N) is 1. The number of amides is 1. The number of rotatable bonds is 8. The lowest BCUT2D eigenvalue weighted by Crippen LogP contribution is -2.38. The van der Waals surface area contributed by atoms with Crippen LogP contribution in [0.5, 0.6) is 0 Å². The third-order valence-electron chi connectivity index (χ3n) is 5.43. The Hall–Kier alpha value is -2.90. The Labute approximate surface area is 196 Å². The van der Waals surface area contributed by atoms with Crippen molar-refractivity contribution in [3.8, 4) is 0 Å². The van der Waals surface area contributed by atoms with Gasteiger partial charge in [-0.05, 0) is 54.2 Å². The number of halogens is 4. The number of hydrogen-bond acceptors (Lipinski definition) is 3. The zero-order chi connectivity index (χ0) is 24.0. The van der Waals surface area contributed by atoms with Crippen molar-refractivity contribution in [3.63, 3.8) is 0 Å². The fraction of sp³-hybridized carbons (Fsp3) is 0.280. The number of aromatic nitrogens is 1. The van der Waals surface area contributed by atoms with Gasteiger partial charge in [-0.2, -0.15) is 13.2 Å². The molecule has 2 aromatic carbocycles. The van der Waals surface area contributed by atoms with Crippen LogP contribution in [0.25, 0.3) is 0 Å². The van der Waals surface area contributed by atoms with Gasteiger partial charge in [0.2, 0.25) is 5.91 Å². The molecule has 1 aromatic heterocycles. The Morgan fingerprint density at radius 3 is 2.36 bits per heavy atom. The lowest BCUT2D eigenvalue weighted by atomic mass is 9.95. The third kappa shape index (κ3) is 6.55. The van der Waals surface area contributed by atoms with E-state index in [1.54, 1.807) is 13.1 Å². The summed E-state index contributed by atoms with van der Waals surface area (Å²) in [6, 6.07) is 16.6. The number of benzene rings is 2. The summed E-state index contributed by atoms with van der Waals surface area (Å²) in [5.41, 5.74) is 2.40. The molecule has 0 fully saturated rings. The number of hydrogen-bond donors (Lipinski definition) is 2. The van der Waals surface area contributed by atoms with Gasteiger partial charge in [-0.3, -0.25) is 15.1 Å². The molecule has 3 aromatic rings. The van der Waals surface area contributed by atoms with Crippen LogP contribution in [-0.4, -0.2) is 17.9 Å². The van der Waals surface area contributed by atoms with Gasteiger partial charge >= 0.3 is 6.18 Å². The third-order valence-corrected chi connectivity index (χ3v) is 5.85. The highest BCUT2D eigenvalue weighted by Gasteiger charge is 2.32. The molecule has 0 aliphatic heterocycles. The molecule has 0 aliphatic carbocycles. The van der Waals surface area contributed by atoms with Crippen molar-refractivity contribution in [2.75, 3.05) is 7.05 Å². The van der Waals surface area contributed by atoms with Gasteiger partial charge in [0.25, 0.3) is 0 Å². The summed E-state index contributed by atoms with van der Waals surface area (Å²) in [6.07, 6.45) is -2.21. The van der Waals surface area contributed by atoms with E-state index in [1.165, 1.54) is 12.3 Å². The summed E-state index contributed by atoms with van der Waals surface area (Å²) < 4.78 is 38.5. The molecule has 0 radical (unpaired) electrons. The standard InChI is InChI=1S/C25H25ClF3N3O/c1-16-14-19(10-11-20(16)26)21(12-8-17-9-13-22(31-15-17)25(27,28)29)32-23(24(33)30-2)18-6-4-3-5-7-18/h3-7,9-11,13-15,21,23,32H,8,12H2,1-2H3,(H,30,33). The molecule has 174 valence electrons. The van der Waals surface area contributed by atoms with Crippen molar-refractivity contribution < 1.29 is 18.0 Å². The summed E-state index contributed by atoms with van der Waals surface area (Å²) in [5.74, 6) is -0.187. The summed E-state index contributed by atoms with van der Waals surface area (Å²) in [5, 5.41) is 6.76. The molecule has 1 heterocycles. The number of aryl methyl sites for hydroxylation is 2. The van der Waals surface area contributed by atoms with Gasteiger partial charge in [0, 0.05) is 24.3 Å². The van der Waals surface area contributed by atoms with Gasteiger partial charge < -0.3 is 5.32 Å². The van der Waals surface area contributed by atoms with E-state index in [0.29, 0.717) is 23.4 Å². The van der Waals surface area contributed by atoms with E-state index < -0.39 is 17.9 Å². The average molecular weight is 476 g/mol. The first-order valence-corrected chi connectivity index (χ1v) is 10.9. The highest BCUT2D eigenvalue weighted by molar-refractivity contribution is 6.31. The Balaban J connectivity index is 1.87. The molecule has 2 unspecified atom stereocenters. The summed E-state index contributed by atoms with van der Waals surface area (Å²) >= 11 is 6.20. The molecule has 2 atom stereocenters. The minimum Gasteiger partial charge on any atom is -0.358 e. The van der Waals surface area contributed by atoms with E-state index >= 15 is 0 Å². The van der Waals surface area contributed by atoms with Crippen molar-refractivity contribution in [3.05, 3.63) is 99.8 Å². The molecule has 0 bridgehead atoms. The zero-order valence-electron chi connectivity index (χ0n) is 18.3. The molecule has 8 heteroatoms. The van der Waals surface area contributed by atoms with E-state index in [9.17, 15) is 18.0 Å². The predicted octanol–water partition coefficient (Wildman–Crippen LogP) is 5.81. The van der Waals surface area contributed by atoms with Crippen LogP contribution in [0, 0.1) is 6.92 Å². The number of pyridine rings is 1. The Kier molecular flexibility index (Phi) is 8.10. The molecule has 33 heavy (non-hydrogen) atoms. The molecular weight excluding hydrogens is 451 g/mol. The second kappa shape index (κ2) is 10.8.